The molecule has 1 amide bonds. The molecule has 1 aliphatic rings. The number of methoxy groups -OCH3 is 1. The van der Waals surface area contributed by atoms with Gasteiger partial charge in [0.1, 0.15) is 5.75 Å². The van der Waals surface area contributed by atoms with Crippen LogP contribution in [0.4, 0.5) is 0 Å². The summed E-state index contributed by atoms with van der Waals surface area (Å²) in [5.74, 6) is -0.0459. The van der Waals surface area contributed by atoms with Gasteiger partial charge in [-0.05, 0) is 68.0 Å². The van der Waals surface area contributed by atoms with E-state index in [0.717, 1.165) is 64.7 Å². The quantitative estimate of drug-likeness (QED) is 0.614. The minimum absolute atomic E-state index is 0.320. The van der Waals surface area contributed by atoms with Gasteiger partial charge in [0, 0.05) is 17.6 Å². The minimum atomic E-state index is -0.462. The number of nitrogens with zero attached hydrogens (tertiary/aromatic N) is 1. The summed E-state index contributed by atoms with van der Waals surface area (Å²) in [5.41, 5.74) is 5.28. The van der Waals surface area contributed by atoms with E-state index in [0.29, 0.717) is 12.1 Å². The number of rotatable bonds is 6. The van der Waals surface area contributed by atoms with E-state index in [1.54, 1.807) is 7.11 Å². The zero-order chi connectivity index (χ0) is 21.8. The molecule has 0 radical (unpaired) electrons. The van der Waals surface area contributed by atoms with Gasteiger partial charge in [0.25, 0.3) is 5.91 Å². The summed E-state index contributed by atoms with van der Waals surface area (Å²) in [5, 5.41) is 3.58. The maximum Gasteiger partial charge on any atom is 0.339 e. The van der Waals surface area contributed by atoms with Crippen molar-refractivity contribution in [3.63, 3.8) is 0 Å². The van der Waals surface area contributed by atoms with Gasteiger partial charge in [-0.25, -0.2) is 4.79 Å². The highest BCUT2D eigenvalue weighted by Crippen LogP contribution is 2.30. The average Bonchev–Trinajstić information content (AvgIpc) is 2.80. The lowest BCUT2D eigenvalue weighted by atomic mass is 9.89. The highest BCUT2D eigenvalue weighted by Gasteiger charge is 2.24. The summed E-state index contributed by atoms with van der Waals surface area (Å²) in [6.45, 7) is 2.02. The average molecular weight is 418 g/mol. The molecular formula is C25H26N2O4. The van der Waals surface area contributed by atoms with Crippen LogP contribution in [-0.4, -0.2) is 30.6 Å². The molecule has 4 rings (SSSR count). The number of aryl methyl sites for hydroxylation is 2. The first-order valence-corrected chi connectivity index (χ1v) is 10.5. The highest BCUT2D eigenvalue weighted by atomic mass is 16.5. The summed E-state index contributed by atoms with van der Waals surface area (Å²) in [6.07, 6.45) is 3.76. The van der Waals surface area contributed by atoms with Crippen LogP contribution in [0.15, 0.2) is 42.5 Å². The van der Waals surface area contributed by atoms with Crippen LogP contribution >= 0.6 is 0 Å². The molecule has 1 aliphatic carbocycles. The SMILES string of the molecule is COc1ccc(CNC(=O)COC(=O)c2c3c(nc4ccc(C)cc24)CCCC3)cc1. The Hall–Kier alpha value is -3.41. The molecule has 0 bridgehead atoms. The van der Waals surface area contributed by atoms with Gasteiger partial charge in [-0.3, -0.25) is 9.78 Å². The number of hydrogen-bond acceptors (Lipinski definition) is 5. The third-order valence-electron chi connectivity index (χ3n) is 5.60. The smallest absolute Gasteiger partial charge is 0.339 e. The zero-order valence-corrected chi connectivity index (χ0v) is 17.9. The number of carbonyl (C=O) groups is 2. The van der Waals surface area contributed by atoms with Gasteiger partial charge >= 0.3 is 5.97 Å². The van der Waals surface area contributed by atoms with Crippen LogP contribution in [-0.2, 0) is 28.9 Å². The second-order valence-corrected chi connectivity index (χ2v) is 7.84. The van der Waals surface area contributed by atoms with Crippen molar-refractivity contribution in [3.05, 3.63) is 70.4 Å². The first-order chi connectivity index (χ1) is 15.0. The Morgan fingerprint density at radius 1 is 1.06 bits per heavy atom. The molecule has 6 nitrogen and oxygen atoms in total. The van der Waals surface area contributed by atoms with Gasteiger partial charge in [0.05, 0.1) is 18.2 Å². The number of fused-ring (bicyclic) bond motifs is 2. The Morgan fingerprint density at radius 3 is 2.61 bits per heavy atom. The lowest BCUT2D eigenvalue weighted by Crippen LogP contribution is -2.28. The van der Waals surface area contributed by atoms with Crippen LogP contribution < -0.4 is 10.1 Å². The van der Waals surface area contributed by atoms with E-state index in [2.05, 4.69) is 5.32 Å². The van der Waals surface area contributed by atoms with Crippen LogP contribution in [0, 0.1) is 6.92 Å². The predicted octanol–water partition coefficient (Wildman–Crippen LogP) is 3.90. The number of esters is 1. The number of amides is 1. The van der Waals surface area contributed by atoms with E-state index < -0.39 is 5.97 Å². The molecule has 31 heavy (non-hydrogen) atoms. The zero-order valence-electron chi connectivity index (χ0n) is 17.9. The summed E-state index contributed by atoms with van der Waals surface area (Å²) >= 11 is 0. The van der Waals surface area contributed by atoms with Gasteiger partial charge in [-0.15, -0.1) is 0 Å². The molecule has 0 aliphatic heterocycles. The second kappa shape index (κ2) is 9.16. The third kappa shape index (κ3) is 4.68. The van der Waals surface area contributed by atoms with Crippen molar-refractivity contribution < 1.29 is 19.1 Å². The van der Waals surface area contributed by atoms with E-state index in [9.17, 15) is 9.59 Å². The number of benzene rings is 2. The van der Waals surface area contributed by atoms with Crippen molar-refractivity contribution in [2.24, 2.45) is 0 Å². The molecule has 1 aromatic heterocycles. The van der Waals surface area contributed by atoms with Gasteiger partial charge in [-0.1, -0.05) is 23.8 Å². The standard InChI is InChI=1S/C25H26N2O4/c1-16-7-12-22-20(13-16)24(19-5-3-4-6-21(19)27-22)25(29)31-15-23(28)26-14-17-8-10-18(30-2)11-9-17/h7-13H,3-6,14-15H2,1-2H3,(H,26,28). The molecule has 6 heteroatoms. The molecule has 0 saturated heterocycles. The van der Waals surface area contributed by atoms with Crippen molar-refractivity contribution in [2.75, 3.05) is 13.7 Å². The van der Waals surface area contributed by atoms with Crippen molar-refractivity contribution in [2.45, 2.75) is 39.2 Å². The molecule has 1 heterocycles. The lowest BCUT2D eigenvalue weighted by molar-refractivity contribution is -0.124. The van der Waals surface area contributed by atoms with Crippen molar-refractivity contribution in [3.8, 4) is 5.75 Å². The second-order valence-electron chi connectivity index (χ2n) is 7.84. The van der Waals surface area contributed by atoms with Gasteiger partial charge in [0.15, 0.2) is 6.61 Å². The Bertz CT molecular complexity index is 1120. The van der Waals surface area contributed by atoms with Crippen LogP contribution in [0.2, 0.25) is 0 Å². The number of ether oxygens (including phenoxy) is 2. The number of carbonyl (C=O) groups excluding carboxylic acids is 2. The molecule has 0 saturated carbocycles. The normalized spacial score (nSPS) is 12.8. The topological polar surface area (TPSA) is 77.5 Å². The number of nitrogens with one attached hydrogen (secondary N) is 1. The largest absolute Gasteiger partial charge is 0.497 e. The van der Waals surface area contributed by atoms with E-state index in [-0.39, 0.29) is 12.5 Å². The first kappa shape index (κ1) is 20.8. The molecule has 0 fully saturated rings. The maximum atomic E-state index is 13.0. The summed E-state index contributed by atoms with van der Waals surface area (Å²) in [7, 11) is 1.61. The molecule has 2 aromatic carbocycles. The fraction of sp³-hybridized carbons (Fsp3) is 0.320. The van der Waals surface area contributed by atoms with E-state index >= 15 is 0 Å². The monoisotopic (exact) mass is 418 g/mol. The minimum Gasteiger partial charge on any atom is -0.497 e. The number of pyridine rings is 1. The highest BCUT2D eigenvalue weighted by molar-refractivity contribution is 6.05. The van der Waals surface area contributed by atoms with Gasteiger partial charge in [-0.2, -0.15) is 0 Å². The molecule has 0 unspecified atom stereocenters. The van der Waals surface area contributed by atoms with Crippen LogP contribution in [0.25, 0.3) is 10.9 Å². The van der Waals surface area contributed by atoms with Crippen molar-refractivity contribution in [1.82, 2.24) is 10.3 Å². The Labute approximate surface area is 181 Å². The Balaban J connectivity index is 1.46. The molecule has 0 spiro atoms. The van der Waals surface area contributed by atoms with Crippen molar-refractivity contribution >= 4 is 22.8 Å². The van der Waals surface area contributed by atoms with Gasteiger partial charge in [0.2, 0.25) is 0 Å². The van der Waals surface area contributed by atoms with Crippen molar-refractivity contribution in [1.29, 1.82) is 0 Å². The van der Waals surface area contributed by atoms with Crippen LogP contribution in [0.5, 0.6) is 5.75 Å². The fourth-order valence-corrected chi connectivity index (χ4v) is 3.97. The lowest BCUT2D eigenvalue weighted by Gasteiger charge is -2.20. The molecular weight excluding hydrogens is 392 g/mol. The summed E-state index contributed by atoms with van der Waals surface area (Å²) < 4.78 is 10.6. The summed E-state index contributed by atoms with van der Waals surface area (Å²) in [6, 6.07) is 13.3. The molecule has 0 atom stereocenters. The summed E-state index contributed by atoms with van der Waals surface area (Å²) in [4.78, 5) is 30.1. The fourth-order valence-electron chi connectivity index (χ4n) is 3.97. The molecule has 160 valence electrons. The first-order valence-electron chi connectivity index (χ1n) is 10.5. The van der Waals surface area contributed by atoms with Crippen LogP contribution in [0.1, 0.15) is 45.6 Å². The van der Waals surface area contributed by atoms with Crippen LogP contribution in [0.3, 0.4) is 0 Å². The van der Waals surface area contributed by atoms with E-state index in [4.69, 9.17) is 14.5 Å². The predicted molar refractivity (Wildman–Crippen MR) is 118 cm³/mol. The number of aromatic nitrogens is 1. The third-order valence-corrected chi connectivity index (χ3v) is 5.60. The molecule has 3 aromatic rings. The molecule has 1 N–H and O–H groups in total. The number of hydrogen-bond donors (Lipinski definition) is 1. The van der Waals surface area contributed by atoms with E-state index in [1.807, 2.05) is 49.4 Å². The van der Waals surface area contributed by atoms with E-state index in [1.165, 1.54) is 0 Å². The van der Waals surface area contributed by atoms with Gasteiger partial charge < -0.3 is 14.8 Å². The Morgan fingerprint density at radius 2 is 1.84 bits per heavy atom. The maximum absolute atomic E-state index is 13.0. The Kier molecular flexibility index (Phi) is 6.16.